The molecule has 0 aliphatic rings. The fourth-order valence-corrected chi connectivity index (χ4v) is 3.02. The van der Waals surface area contributed by atoms with E-state index in [1.807, 2.05) is 0 Å². The predicted octanol–water partition coefficient (Wildman–Crippen LogP) is 4.09. The zero-order valence-corrected chi connectivity index (χ0v) is 13.5. The van der Waals surface area contributed by atoms with Crippen molar-refractivity contribution in [1.29, 1.82) is 0 Å². The van der Waals surface area contributed by atoms with Gasteiger partial charge in [0.15, 0.2) is 11.6 Å². The third-order valence-electron chi connectivity index (χ3n) is 3.69. The average molecular weight is 363 g/mol. The van der Waals surface area contributed by atoms with Gasteiger partial charge in [-0.1, -0.05) is 24.3 Å². The molecule has 0 aliphatic heterocycles. The molecule has 3 rings (SSSR count). The summed E-state index contributed by atoms with van der Waals surface area (Å²) in [5.74, 6) is -2.65. The van der Waals surface area contributed by atoms with Crippen molar-refractivity contribution in [2.45, 2.75) is 4.90 Å². The van der Waals surface area contributed by atoms with Crippen LogP contribution in [-0.2, 0) is 10.0 Å². The minimum atomic E-state index is -3.87. The molecule has 0 saturated heterocycles. The molecule has 0 aromatic heterocycles. The molecule has 0 saturated carbocycles. The van der Waals surface area contributed by atoms with Crippen LogP contribution in [0.1, 0.15) is 0 Å². The van der Waals surface area contributed by atoms with Crippen LogP contribution in [0.3, 0.4) is 0 Å². The second-order valence-corrected chi connectivity index (χ2v) is 6.95. The molecule has 3 nitrogen and oxygen atoms in total. The van der Waals surface area contributed by atoms with E-state index in [2.05, 4.69) is 0 Å². The van der Waals surface area contributed by atoms with Crippen molar-refractivity contribution >= 4 is 10.0 Å². The first-order valence-corrected chi connectivity index (χ1v) is 8.68. The van der Waals surface area contributed by atoms with Crippen molar-refractivity contribution in [3.8, 4) is 22.3 Å². The van der Waals surface area contributed by atoms with E-state index >= 15 is 0 Å². The maximum Gasteiger partial charge on any atom is 0.238 e. The molecule has 0 bridgehead atoms. The van der Waals surface area contributed by atoms with E-state index in [9.17, 15) is 21.6 Å². The molecule has 7 heteroatoms. The Kier molecular flexibility index (Phi) is 4.36. The molecular formula is C18H12F3NO2S. The average Bonchev–Trinajstić information content (AvgIpc) is 2.56. The summed E-state index contributed by atoms with van der Waals surface area (Å²) < 4.78 is 63.6. The molecule has 0 aliphatic carbocycles. The van der Waals surface area contributed by atoms with Crippen molar-refractivity contribution in [1.82, 2.24) is 0 Å². The number of nitrogens with two attached hydrogens (primary N) is 1. The Labute approximate surface area is 142 Å². The van der Waals surface area contributed by atoms with E-state index in [1.54, 1.807) is 6.07 Å². The first-order chi connectivity index (χ1) is 11.8. The van der Waals surface area contributed by atoms with Gasteiger partial charge >= 0.3 is 0 Å². The fraction of sp³-hybridized carbons (Fsp3) is 0. The van der Waals surface area contributed by atoms with E-state index in [4.69, 9.17) is 5.14 Å². The molecule has 128 valence electrons. The van der Waals surface area contributed by atoms with Crippen LogP contribution in [-0.4, -0.2) is 8.42 Å². The molecule has 0 amide bonds. The molecule has 0 unspecified atom stereocenters. The molecule has 0 radical (unpaired) electrons. The maximum atomic E-state index is 13.7. The molecule has 0 spiro atoms. The lowest BCUT2D eigenvalue weighted by atomic mass is 9.94. The lowest BCUT2D eigenvalue weighted by Gasteiger charge is -2.12. The van der Waals surface area contributed by atoms with Gasteiger partial charge < -0.3 is 0 Å². The van der Waals surface area contributed by atoms with Gasteiger partial charge in [-0.25, -0.2) is 26.7 Å². The summed E-state index contributed by atoms with van der Waals surface area (Å²) in [6.07, 6.45) is 0. The number of benzene rings is 3. The highest BCUT2D eigenvalue weighted by Gasteiger charge is 2.15. The lowest BCUT2D eigenvalue weighted by molar-refractivity contribution is 0.509. The topological polar surface area (TPSA) is 60.2 Å². The van der Waals surface area contributed by atoms with Gasteiger partial charge in [-0.05, 0) is 58.7 Å². The number of halogens is 3. The fourth-order valence-electron chi connectivity index (χ4n) is 2.50. The van der Waals surface area contributed by atoms with Crippen molar-refractivity contribution in [2.75, 3.05) is 0 Å². The van der Waals surface area contributed by atoms with E-state index < -0.39 is 27.5 Å². The van der Waals surface area contributed by atoms with E-state index in [1.165, 1.54) is 42.5 Å². The summed E-state index contributed by atoms with van der Waals surface area (Å²) in [4.78, 5) is -0.105. The Morgan fingerprint density at radius 1 is 0.720 bits per heavy atom. The van der Waals surface area contributed by atoms with Crippen molar-refractivity contribution < 1.29 is 21.6 Å². The van der Waals surface area contributed by atoms with Gasteiger partial charge in [0.2, 0.25) is 10.0 Å². The van der Waals surface area contributed by atoms with Gasteiger partial charge in [0.25, 0.3) is 0 Å². The van der Waals surface area contributed by atoms with Gasteiger partial charge in [0.05, 0.1) is 4.90 Å². The zero-order valence-electron chi connectivity index (χ0n) is 12.7. The maximum absolute atomic E-state index is 13.7. The van der Waals surface area contributed by atoms with Crippen LogP contribution >= 0.6 is 0 Å². The van der Waals surface area contributed by atoms with Crippen LogP contribution in [0.4, 0.5) is 13.2 Å². The number of hydrogen-bond donors (Lipinski definition) is 1. The first-order valence-electron chi connectivity index (χ1n) is 7.14. The molecule has 2 N–H and O–H groups in total. The van der Waals surface area contributed by atoms with E-state index in [0.29, 0.717) is 16.7 Å². The van der Waals surface area contributed by atoms with Crippen LogP contribution in [0.25, 0.3) is 22.3 Å². The third kappa shape index (κ3) is 3.57. The molecule has 0 fully saturated rings. The number of sulfonamides is 1. The molecule has 0 heterocycles. The second kappa shape index (κ2) is 6.34. The molecular weight excluding hydrogens is 351 g/mol. The second-order valence-electron chi connectivity index (χ2n) is 5.39. The standard InChI is InChI=1S/C18H12F3NO2S/c19-13-3-1-2-12(8-13)16-10-18(21)17(20)9-15(16)11-4-6-14(7-5-11)25(22,23)24/h1-10H,(H2,22,23,24). The third-order valence-corrected chi connectivity index (χ3v) is 4.62. The summed E-state index contributed by atoms with van der Waals surface area (Å²) in [5, 5.41) is 5.05. The first kappa shape index (κ1) is 17.2. The number of primary sulfonamides is 1. The summed E-state index contributed by atoms with van der Waals surface area (Å²) in [7, 11) is -3.87. The van der Waals surface area contributed by atoms with Gasteiger partial charge in [0, 0.05) is 0 Å². The summed E-state index contributed by atoms with van der Waals surface area (Å²) in [6.45, 7) is 0. The van der Waals surface area contributed by atoms with Gasteiger partial charge in [0.1, 0.15) is 5.82 Å². The minimum absolute atomic E-state index is 0.105. The monoisotopic (exact) mass is 363 g/mol. The predicted molar refractivity (Wildman–Crippen MR) is 88.6 cm³/mol. The molecule has 25 heavy (non-hydrogen) atoms. The molecule has 0 atom stereocenters. The Hall–Kier alpha value is -2.64. The summed E-state index contributed by atoms with van der Waals surface area (Å²) in [5.41, 5.74) is 1.38. The van der Waals surface area contributed by atoms with Crippen molar-refractivity contribution in [3.05, 3.63) is 78.1 Å². The lowest BCUT2D eigenvalue weighted by Crippen LogP contribution is -2.11. The van der Waals surface area contributed by atoms with Crippen LogP contribution < -0.4 is 5.14 Å². The van der Waals surface area contributed by atoms with Gasteiger partial charge in [-0.2, -0.15) is 0 Å². The Morgan fingerprint density at radius 2 is 1.28 bits per heavy atom. The van der Waals surface area contributed by atoms with Crippen LogP contribution in [0.15, 0.2) is 65.6 Å². The normalized spacial score (nSPS) is 11.5. The molecule has 3 aromatic rings. The Balaban J connectivity index is 2.20. The van der Waals surface area contributed by atoms with Crippen LogP contribution in [0, 0.1) is 17.5 Å². The van der Waals surface area contributed by atoms with Crippen LogP contribution in [0.5, 0.6) is 0 Å². The minimum Gasteiger partial charge on any atom is -0.225 e. The Morgan fingerprint density at radius 3 is 1.80 bits per heavy atom. The van der Waals surface area contributed by atoms with E-state index in [-0.39, 0.29) is 10.5 Å². The highest BCUT2D eigenvalue weighted by atomic mass is 32.2. The van der Waals surface area contributed by atoms with Gasteiger partial charge in [-0.15, -0.1) is 0 Å². The van der Waals surface area contributed by atoms with Crippen LogP contribution in [0.2, 0.25) is 0 Å². The van der Waals surface area contributed by atoms with Crippen molar-refractivity contribution in [2.24, 2.45) is 5.14 Å². The SMILES string of the molecule is NS(=O)(=O)c1ccc(-c2cc(F)c(F)cc2-c2cccc(F)c2)cc1. The summed E-state index contributed by atoms with van der Waals surface area (Å²) >= 11 is 0. The van der Waals surface area contributed by atoms with E-state index in [0.717, 1.165) is 12.1 Å². The number of rotatable bonds is 3. The largest absolute Gasteiger partial charge is 0.238 e. The quantitative estimate of drug-likeness (QED) is 0.762. The highest BCUT2D eigenvalue weighted by molar-refractivity contribution is 7.89. The Bertz CT molecular complexity index is 1050. The smallest absolute Gasteiger partial charge is 0.225 e. The summed E-state index contributed by atoms with van der Waals surface area (Å²) in [6, 6.07) is 12.8. The number of hydrogen-bond acceptors (Lipinski definition) is 2. The zero-order chi connectivity index (χ0) is 18.2. The molecule has 3 aromatic carbocycles. The van der Waals surface area contributed by atoms with Gasteiger partial charge in [-0.3, -0.25) is 0 Å². The van der Waals surface area contributed by atoms with Crippen molar-refractivity contribution in [3.63, 3.8) is 0 Å². The highest BCUT2D eigenvalue weighted by Crippen LogP contribution is 2.34.